The fourth-order valence-corrected chi connectivity index (χ4v) is 6.50. The van der Waals surface area contributed by atoms with Crippen LogP contribution >= 0.6 is 22.9 Å². The van der Waals surface area contributed by atoms with E-state index >= 15 is 0 Å². The van der Waals surface area contributed by atoms with Gasteiger partial charge in [0.15, 0.2) is 0 Å². The van der Waals surface area contributed by atoms with E-state index in [4.69, 9.17) is 11.6 Å². The number of hydrogen-bond donors (Lipinski definition) is 1. The van der Waals surface area contributed by atoms with Crippen molar-refractivity contribution in [3.63, 3.8) is 0 Å². The smallest absolute Gasteiger partial charge is 0.252 e. The highest BCUT2D eigenvalue weighted by Gasteiger charge is 2.24. The van der Waals surface area contributed by atoms with Crippen LogP contribution in [-0.4, -0.2) is 76.4 Å². The molecule has 7 nitrogen and oxygen atoms in total. The highest BCUT2D eigenvalue weighted by Crippen LogP contribution is 2.27. The highest BCUT2D eigenvalue weighted by molar-refractivity contribution is 7.91. The summed E-state index contributed by atoms with van der Waals surface area (Å²) in [6.45, 7) is 7.58. The number of nitrogens with one attached hydrogen (secondary N) is 1. The maximum atomic E-state index is 12.5. The zero-order valence-corrected chi connectivity index (χ0v) is 21.0. The van der Waals surface area contributed by atoms with Crippen molar-refractivity contribution in [1.82, 2.24) is 14.5 Å². The number of unbranched alkanes of at least 4 members (excludes halogenated alkanes) is 1. The summed E-state index contributed by atoms with van der Waals surface area (Å²) in [4.78, 5) is 17.0. The van der Waals surface area contributed by atoms with E-state index < -0.39 is 10.0 Å². The van der Waals surface area contributed by atoms with Crippen LogP contribution in [-0.2, 0) is 14.8 Å². The van der Waals surface area contributed by atoms with Crippen LogP contribution in [0.1, 0.15) is 18.4 Å². The van der Waals surface area contributed by atoms with E-state index in [0.29, 0.717) is 10.9 Å². The molecule has 1 fully saturated rings. The molecule has 32 heavy (non-hydrogen) atoms. The molecule has 2 aromatic rings. The largest absolute Gasteiger partial charge is 0.369 e. The van der Waals surface area contributed by atoms with Gasteiger partial charge in [-0.1, -0.05) is 23.7 Å². The number of nitrogens with zero attached hydrogens (tertiary/aromatic N) is 3. The van der Waals surface area contributed by atoms with Gasteiger partial charge in [-0.3, -0.25) is 9.69 Å². The minimum atomic E-state index is -3.69. The van der Waals surface area contributed by atoms with Gasteiger partial charge in [0.25, 0.3) is 10.0 Å². The van der Waals surface area contributed by atoms with Crippen LogP contribution in [0.2, 0.25) is 4.34 Å². The summed E-state index contributed by atoms with van der Waals surface area (Å²) in [5.74, 6) is -0.300. The van der Waals surface area contributed by atoms with Crippen LogP contribution in [0.4, 0.5) is 5.69 Å². The number of carbonyl (C=O) groups excluding carboxylic acids is 1. The van der Waals surface area contributed by atoms with Gasteiger partial charge in [0.2, 0.25) is 5.91 Å². The summed E-state index contributed by atoms with van der Waals surface area (Å²) in [5.41, 5.74) is 2.58. The lowest BCUT2D eigenvalue weighted by atomic mass is 10.2. The molecule has 0 saturated carbocycles. The number of hydrogen-bond acceptors (Lipinski definition) is 6. The third kappa shape index (κ3) is 6.92. The maximum absolute atomic E-state index is 12.5. The van der Waals surface area contributed by atoms with Gasteiger partial charge < -0.3 is 10.2 Å². The van der Waals surface area contributed by atoms with Gasteiger partial charge in [0.05, 0.1) is 10.9 Å². The second-order valence-electron chi connectivity index (χ2n) is 8.04. The number of amides is 1. The van der Waals surface area contributed by atoms with Crippen LogP contribution < -0.4 is 10.2 Å². The van der Waals surface area contributed by atoms with Crippen molar-refractivity contribution in [2.24, 2.45) is 0 Å². The Bertz CT molecular complexity index is 1000. The first-order valence-corrected chi connectivity index (χ1v) is 13.4. The lowest BCUT2D eigenvalue weighted by Gasteiger charge is -2.36. The van der Waals surface area contributed by atoms with Crippen LogP contribution in [0.5, 0.6) is 0 Å². The van der Waals surface area contributed by atoms with Crippen LogP contribution in [0, 0.1) is 6.92 Å². The van der Waals surface area contributed by atoms with Crippen LogP contribution in [0.3, 0.4) is 0 Å². The number of likely N-dealkylation sites (N-methyl/N-ethyl adjacent to an activating group) is 1. The van der Waals surface area contributed by atoms with E-state index in [0.717, 1.165) is 61.2 Å². The molecule has 0 aliphatic carbocycles. The first-order chi connectivity index (χ1) is 15.3. The molecule has 3 rings (SSSR count). The average Bonchev–Trinajstić information content (AvgIpc) is 3.21. The number of sulfonamides is 1. The van der Waals surface area contributed by atoms with E-state index in [2.05, 4.69) is 46.3 Å². The topological polar surface area (TPSA) is 73.0 Å². The SMILES string of the molecule is Cc1cccc(N2CCN(CCCCNC(=O)CN(C)S(=O)(=O)c3ccc(Cl)s3)CC2)c1. The Morgan fingerprint density at radius 2 is 1.91 bits per heavy atom. The van der Waals surface area contributed by atoms with Gasteiger partial charge in [-0.25, -0.2) is 8.42 Å². The van der Waals surface area contributed by atoms with Gasteiger partial charge >= 0.3 is 0 Å². The van der Waals surface area contributed by atoms with Gasteiger partial charge in [-0.15, -0.1) is 11.3 Å². The summed E-state index contributed by atoms with van der Waals surface area (Å²) in [5, 5.41) is 2.82. The third-order valence-corrected chi connectivity index (χ3v) is 9.04. The molecule has 0 unspecified atom stereocenters. The zero-order chi connectivity index (χ0) is 23.1. The highest BCUT2D eigenvalue weighted by atomic mass is 35.5. The fraction of sp³-hybridized carbons (Fsp3) is 0.500. The molecule has 0 bridgehead atoms. The lowest BCUT2D eigenvalue weighted by Crippen LogP contribution is -2.46. The van der Waals surface area contributed by atoms with Crippen molar-refractivity contribution < 1.29 is 13.2 Å². The Hall–Kier alpha value is -1.65. The number of thiophene rings is 1. The van der Waals surface area contributed by atoms with E-state index in [1.165, 1.54) is 30.4 Å². The molecular weight excluding hydrogens is 468 g/mol. The number of rotatable bonds is 10. The Kier molecular flexibility index (Phi) is 8.95. The molecule has 1 amide bonds. The van der Waals surface area contributed by atoms with Crippen molar-refractivity contribution in [3.8, 4) is 0 Å². The number of piperazine rings is 1. The number of halogens is 1. The Balaban J connectivity index is 1.30. The standard InChI is InChI=1S/C22H31ClN4O3S2/c1-18-6-5-7-19(16-18)27-14-12-26(13-15-27)11-4-3-10-24-21(28)17-25(2)32(29,30)22-9-8-20(23)31-22/h5-9,16H,3-4,10-15,17H2,1-2H3,(H,24,28). The summed E-state index contributed by atoms with van der Waals surface area (Å²) in [6, 6.07) is 11.6. The monoisotopic (exact) mass is 498 g/mol. The van der Waals surface area contributed by atoms with E-state index in [9.17, 15) is 13.2 Å². The zero-order valence-electron chi connectivity index (χ0n) is 18.6. The predicted octanol–water partition coefficient (Wildman–Crippen LogP) is 3.05. The molecule has 2 heterocycles. The second-order valence-corrected chi connectivity index (χ2v) is 12.0. The molecule has 1 aliphatic rings. The predicted molar refractivity (Wildman–Crippen MR) is 131 cm³/mol. The Morgan fingerprint density at radius 3 is 2.56 bits per heavy atom. The second kappa shape index (κ2) is 11.5. The minimum Gasteiger partial charge on any atom is -0.369 e. The molecule has 0 spiro atoms. The van der Waals surface area contributed by atoms with Crippen molar-refractivity contribution >= 4 is 44.6 Å². The normalized spacial score (nSPS) is 15.3. The fourth-order valence-electron chi connectivity index (χ4n) is 3.68. The molecule has 1 aliphatic heterocycles. The van der Waals surface area contributed by atoms with Crippen LogP contribution in [0.25, 0.3) is 0 Å². The summed E-state index contributed by atoms with van der Waals surface area (Å²) in [6.07, 6.45) is 1.85. The molecular formula is C22H31ClN4O3S2. The minimum absolute atomic E-state index is 0.139. The number of benzene rings is 1. The molecule has 1 aromatic heterocycles. The van der Waals surface area contributed by atoms with E-state index in [-0.39, 0.29) is 16.7 Å². The molecule has 176 valence electrons. The molecule has 1 saturated heterocycles. The van der Waals surface area contributed by atoms with E-state index in [1.54, 1.807) is 0 Å². The molecule has 0 radical (unpaired) electrons. The maximum Gasteiger partial charge on any atom is 0.252 e. The third-order valence-electron chi connectivity index (χ3n) is 5.54. The number of anilines is 1. The Labute approximate surface area is 200 Å². The van der Waals surface area contributed by atoms with Gasteiger partial charge in [-0.2, -0.15) is 4.31 Å². The van der Waals surface area contributed by atoms with Crippen molar-refractivity contribution in [2.75, 3.05) is 57.8 Å². The average molecular weight is 499 g/mol. The molecule has 10 heteroatoms. The first-order valence-electron chi connectivity index (χ1n) is 10.8. The molecule has 0 atom stereocenters. The summed E-state index contributed by atoms with van der Waals surface area (Å²) in [7, 11) is -2.29. The molecule has 1 N–H and O–H groups in total. The quantitative estimate of drug-likeness (QED) is 0.510. The summed E-state index contributed by atoms with van der Waals surface area (Å²) < 4.78 is 26.5. The van der Waals surface area contributed by atoms with Crippen molar-refractivity contribution in [2.45, 2.75) is 24.0 Å². The van der Waals surface area contributed by atoms with Crippen molar-refractivity contribution in [1.29, 1.82) is 0 Å². The van der Waals surface area contributed by atoms with Gasteiger partial charge in [0, 0.05) is 45.5 Å². The lowest BCUT2D eigenvalue weighted by molar-refractivity contribution is -0.121. The first kappa shape index (κ1) is 25.0. The molecule has 1 aromatic carbocycles. The van der Waals surface area contributed by atoms with E-state index in [1.807, 2.05) is 0 Å². The Morgan fingerprint density at radius 1 is 1.16 bits per heavy atom. The number of aryl methyl sites for hydroxylation is 1. The summed E-state index contributed by atoms with van der Waals surface area (Å²) >= 11 is 6.81. The van der Waals surface area contributed by atoms with Gasteiger partial charge in [0.1, 0.15) is 4.21 Å². The van der Waals surface area contributed by atoms with Crippen LogP contribution in [0.15, 0.2) is 40.6 Å². The van der Waals surface area contributed by atoms with Crippen molar-refractivity contribution in [3.05, 3.63) is 46.3 Å². The number of carbonyl (C=O) groups is 1. The van der Waals surface area contributed by atoms with Gasteiger partial charge in [-0.05, 0) is 56.1 Å².